The highest BCUT2D eigenvalue weighted by Gasteiger charge is 2.20. The van der Waals surface area contributed by atoms with Gasteiger partial charge in [0.1, 0.15) is 6.61 Å². The number of fused-ring (bicyclic) bond motifs is 1. The number of ether oxygens (including phenoxy) is 2. The zero-order valence-corrected chi connectivity index (χ0v) is 20.9. The Hall–Kier alpha value is -2.85. The standard InChI is InChI=1S/C24H23ClN2O5S2/c1-16(15-32-22-6-4-3-5-21(22)31-2)26-34(29,30)19-11-12-20-23(13-19)33-24(28)27(20)14-17-7-9-18(25)10-8-17/h3-13,16,26H,14-15H2,1-2H3. The van der Waals surface area contributed by atoms with E-state index in [1.807, 2.05) is 24.3 Å². The van der Waals surface area contributed by atoms with Gasteiger partial charge in [0, 0.05) is 5.02 Å². The molecule has 10 heteroatoms. The van der Waals surface area contributed by atoms with Gasteiger partial charge in [-0.05, 0) is 55.0 Å². The lowest BCUT2D eigenvalue weighted by atomic mass is 10.2. The molecule has 7 nitrogen and oxygen atoms in total. The van der Waals surface area contributed by atoms with Crippen molar-refractivity contribution in [3.63, 3.8) is 0 Å². The van der Waals surface area contributed by atoms with Gasteiger partial charge in [-0.15, -0.1) is 0 Å². The van der Waals surface area contributed by atoms with E-state index in [0.717, 1.165) is 16.9 Å². The van der Waals surface area contributed by atoms with Crippen LogP contribution in [0.4, 0.5) is 0 Å². The molecule has 1 atom stereocenters. The summed E-state index contributed by atoms with van der Waals surface area (Å²) in [5.74, 6) is 1.10. The fourth-order valence-corrected chi connectivity index (χ4v) is 5.84. The fraction of sp³-hybridized carbons (Fsp3) is 0.208. The first-order valence-electron chi connectivity index (χ1n) is 10.4. The van der Waals surface area contributed by atoms with Crippen molar-refractivity contribution >= 4 is 43.2 Å². The van der Waals surface area contributed by atoms with Gasteiger partial charge >= 0.3 is 4.87 Å². The predicted octanol–water partition coefficient (Wildman–Crippen LogP) is 4.52. The normalized spacial score (nSPS) is 12.6. The van der Waals surface area contributed by atoms with Gasteiger partial charge in [0.15, 0.2) is 11.5 Å². The van der Waals surface area contributed by atoms with Crippen LogP contribution in [-0.4, -0.2) is 32.7 Å². The molecule has 0 aliphatic heterocycles. The number of sulfonamides is 1. The molecule has 0 bridgehead atoms. The molecule has 0 aliphatic rings. The van der Waals surface area contributed by atoms with Crippen molar-refractivity contribution in [2.45, 2.75) is 24.4 Å². The lowest BCUT2D eigenvalue weighted by molar-refractivity contribution is 0.271. The van der Waals surface area contributed by atoms with Crippen molar-refractivity contribution in [3.05, 3.63) is 87.0 Å². The Labute approximate surface area is 206 Å². The molecule has 1 aromatic heterocycles. The molecule has 0 saturated carbocycles. The molecular formula is C24H23ClN2O5S2. The van der Waals surface area contributed by atoms with E-state index in [9.17, 15) is 13.2 Å². The van der Waals surface area contributed by atoms with Gasteiger partial charge in [-0.3, -0.25) is 9.36 Å². The molecule has 178 valence electrons. The van der Waals surface area contributed by atoms with Crippen LogP contribution in [0.15, 0.2) is 76.4 Å². The lowest BCUT2D eigenvalue weighted by Crippen LogP contribution is -2.36. The van der Waals surface area contributed by atoms with E-state index in [1.54, 1.807) is 48.9 Å². The van der Waals surface area contributed by atoms with Gasteiger partial charge in [0.05, 0.1) is 34.8 Å². The Balaban J connectivity index is 1.49. The molecule has 0 fully saturated rings. The van der Waals surface area contributed by atoms with Crippen LogP contribution in [0.2, 0.25) is 5.02 Å². The number of hydrogen-bond acceptors (Lipinski definition) is 6. The summed E-state index contributed by atoms with van der Waals surface area (Å²) >= 11 is 6.95. The second-order valence-electron chi connectivity index (χ2n) is 7.69. The van der Waals surface area contributed by atoms with Crippen LogP contribution in [-0.2, 0) is 16.6 Å². The maximum atomic E-state index is 13.0. The van der Waals surface area contributed by atoms with Crippen molar-refractivity contribution in [2.24, 2.45) is 0 Å². The molecule has 34 heavy (non-hydrogen) atoms. The third-order valence-electron chi connectivity index (χ3n) is 5.12. The minimum Gasteiger partial charge on any atom is -0.493 e. The molecule has 1 heterocycles. The van der Waals surface area contributed by atoms with Crippen LogP contribution < -0.4 is 19.1 Å². The number of methoxy groups -OCH3 is 1. The number of nitrogens with zero attached hydrogens (tertiary/aromatic N) is 1. The van der Waals surface area contributed by atoms with E-state index >= 15 is 0 Å². The molecule has 3 aromatic carbocycles. The molecule has 4 rings (SSSR count). The topological polar surface area (TPSA) is 86.6 Å². The summed E-state index contributed by atoms with van der Waals surface area (Å²) < 4.78 is 41.7. The van der Waals surface area contributed by atoms with Gasteiger partial charge in [0.25, 0.3) is 0 Å². The summed E-state index contributed by atoms with van der Waals surface area (Å²) in [4.78, 5) is 12.5. The second-order valence-corrected chi connectivity index (χ2v) is 10.8. The second kappa shape index (κ2) is 10.2. The van der Waals surface area contributed by atoms with E-state index in [-0.39, 0.29) is 16.4 Å². The summed E-state index contributed by atoms with van der Waals surface area (Å²) in [7, 11) is -2.28. The molecule has 0 radical (unpaired) electrons. The van der Waals surface area contributed by atoms with Gasteiger partial charge in [-0.25, -0.2) is 13.1 Å². The summed E-state index contributed by atoms with van der Waals surface area (Å²) in [6.07, 6.45) is 0. The van der Waals surface area contributed by atoms with E-state index < -0.39 is 16.1 Å². The largest absolute Gasteiger partial charge is 0.493 e. The predicted molar refractivity (Wildman–Crippen MR) is 135 cm³/mol. The Morgan fingerprint density at radius 2 is 1.76 bits per heavy atom. The molecule has 1 unspecified atom stereocenters. The quantitative estimate of drug-likeness (QED) is 0.352. The van der Waals surface area contributed by atoms with E-state index in [0.29, 0.717) is 33.3 Å². The third-order valence-corrected chi connectivity index (χ3v) is 7.90. The Kier molecular flexibility index (Phi) is 7.27. The minimum atomic E-state index is -3.82. The maximum absolute atomic E-state index is 13.0. The lowest BCUT2D eigenvalue weighted by Gasteiger charge is -2.16. The monoisotopic (exact) mass is 518 g/mol. The van der Waals surface area contributed by atoms with Crippen LogP contribution >= 0.6 is 22.9 Å². The Bertz CT molecular complexity index is 1460. The molecular weight excluding hydrogens is 496 g/mol. The summed E-state index contributed by atoms with van der Waals surface area (Å²) in [6.45, 7) is 2.21. The van der Waals surface area contributed by atoms with Crippen LogP contribution in [0.5, 0.6) is 11.5 Å². The maximum Gasteiger partial charge on any atom is 0.308 e. The third kappa shape index (κ3) is 5.44. The number of halogens is 1. The van der Waals surface area contributed by atoms with Crippen molar-refractivity contribution in [3.8, 4) is 11.5 Å². The zero-order chi connectivity index (χ0) is 24.3. The number of benzene rings is 3. The van der Waals surface area contributed by atoms with E-state index in [2.05, 4.69) is 4.72 Å². The first-order valence-corrected chi connectivity index (χ1v) is 13.1. The molecule has 0 amide bonds. The average molecular weight is 519 g/mol. The first-order chi connectivity index (χ1) is 16.3. The van der Waals surface area contributed by atoms with Crippen molar-refractivity contribution in [2.75, 3.05) is 13.7 Å². The van der Waals surface area contributed by atoms with Crippen molar-refractivity contribution in [1.29, 1.82) is 0 Å². The fourth-order valence-electron chi connectivity index (χ4n) is 3.46. The number of nitrogens with one attached hydrogen (secondary N) is 1. The molecule has 0 saturated heterocycles. The van der Waals surface area contributed by atoms with Crippen LogP contribution in [0.3, 0.4) is 0 Å². The molecule has 0 spiro atoms. The molecule has 0 aliphatic carbocycles. The average Bonchev–Trinajstić information content (AvgIpc) is 3.13. The van der Waals surface area contributed by atoms with Crippen LogP contribution in [0.1, 0.15) is 12.5 Å². The van der Waals surface area contributed by atoms with Crippen molar-refractivity contribution < 1.29 is 17.9 Å². The minimum absolute atomic E-state index is 0.0871. The molecule has 4 aromatic rings. The van der Waals surface area contributed by atoms with Gasteiger partial charge < -0.3 is 9.47 Å². The highest BCUT2D eigenvalue weighted by atomic mass is 35.5. The summed E-state index contributed by atoms with van der Waals surface area (Å²) in [6, 6.07) is 18.6. The summed E-state index contributed by atoms with van der Waals surface area (Å²) in [5, 5.41) is 0.621. The number of para-hydroxylation sites is 2. The Morgan fingerprint density at radius 3 is 2.47 bits per heavy atom. The van der Waals surface area contributed by atoms with Gasteiger partial charge in [-0.1, -0.05) is 47.2 Å². The van der Waals surface area contributed by atoms with Gasteiger partial charge in [0.2, 0.25) is 10.0 Å². The molecule has 1 N–H and O–H groups in total. The smallest absolute Gasteiger partial charge is 0.308 e. The number of thiazole rings is 1. The SMILES string of the molecule is COc1ccccc1OCC(C)NS(=O)(=O)c1ccc2c(c1)sc(=O)n2Cc1ccc(Cl)cc1. The highest BCUT2D eigenvalue weighted by molar-refractivity contribution is 7.89. The number of aromatic nitrogens is 1. The number of hydrogen-bond donors (Lipinski definition) is 1. The van der Waals surface area contributed by atoms with Crippen molar-refractivity contribution in [1.82, 2.24) is 9.29 Å². The first kappa shape index (κ1) is 24.3. The van der Waals surface area contributed by atoms with Crippen LogP contribution in [0.25, 0.3) is 10.2 Å². The number of rotatable bonds is 9. The van der Waals surface area contributed by atoms with Gasteiger partial charge in [-0.2, -0.15) is 0 Å². The highest BCUT2D eigenvalue weighted by Crippen LogP contribution is 2.26. The zero-order valence-electron chi connectivity index (χ0n) is 18.5. The Morgan fingerprint density at radius 1 is 1.06 bits per heavy atom. The van der Waals surface area contributed by atoms with Crippen LogP contribution in [0, 0.1) is 0 Å². The van der Waals surface area contributed by atoms with E-state index in [1.165, 1.54) is 12.1 Å². The summed E-state index contributed by atoms with van der Waals surface area (Å²) in [5.41, 5.74) is 1.60. The van der Waals surface area contributed by atoms with E-state index in [4.69, 9.17) is 21.1 Å².